The number of halogens is 3. The minimum atomic E-state index is -5.28. The van der Waals surface area contributed by atoms with E-state index >= 15 is 0 Å². The van der Waals surface area contributed by atoms with Gasteiger partial charge >= 0.3 is 12.2 Å². The molecule has 2 heterocycles. The molecule has 4 amide bonds. The standard InChI is InChI=1S/C20H20F3N3O4/c1-18(2,3)13-8-6-12(7-9-13)15(27)24-19(20(21,22)23)16(28)26(17(29)25-19)11-14-5-4-10-30-14/h4-10H,11H2,1-3H3,(H,24,27)(H,25,29)/t19-/m1/s1. The molecule has 1 saturated heterocycles. The van der Waals surface area contributed by atoms with Gasteiger partial charge in [0.1, 0.15) is 5.76 Å². The average Bonchev–Trinajstić information content (AvgIpc) is 3.24. The highest BCUT2D eigenvalue weighted by Crippen LogP contribution is 2.34. The first-order valence-electron chi connectivity index (χ1n) is 9.01. The van der Waals surface area contributed by atoms with Crippen molar-refractivity contribution in [2.24, 2.45) is 0 Å². The molecule has 1 aliphatic heterocycles. The van der Waals surface area contributed by atoms with Gasteiger partial charge in [-0.25, -0.2) is 4.79 Å². The van der Waals surface area contributed by atoms with Gasteiger partial charge in [-0.05, 0) is 35.2 Å². The van der Waals surface area contributed by atoms with Gasteiger partial charge in [-0.15, -0.1) is 0 Å². The van der Waals surface area contributed by atoms with E-state index in [2.05, 4.69) is 0 Å². The quantitative estimate of drug-likeness (QED) is 0.738. The molecule has 1 aliphatic rings. The zero-order valence-electron chi connectivity index (χ0n) is 16.5. The summed E-state index contributed by atoms with van der Waals surface area (Å²) in [5.74, 6) is -2.68. The fourth-order valence-electron chi connectivity index (χ4n) is 2.99. The van der Waals surface area contributed by atoms with Crippen molar-refractivity contribution in [3.63, 3.8) is 0 Å². The molecule has 10 heteroatoms. The van der Waals surface area contributed by atoms with Crippen molar-refractivity contribution >= 4 is 17.8 Å². The Labute approximate surface area is 170 Å². The van der Waals surface area contributed by atoms with Crippen molar-refractivity contribution in [3.8, 4) is 0 Å². The summed E-state index contributed by atoms with van der Waals surface area (Å²) in [5.41, 5.74) is -3.00. The molecule has 0 unspecified atom stereocenters. The number of carbonyl (C=O) groups excluding carboxylic acids is 3. The number of amides is 4. The summed E-state index contributed by atoms with van der Waals surface area (Å²) in [6.07, 6.45) is -4.02. The van der Waals surface area contributed by atoms with Crippen LogP contribution in [0.5, 0.6) is 0 Å². The second kappa shape index (κ2) is 7.19. The van der Waals surface area contributed by atoms with Crippen molar-refractivity contribution in [3.05, 3.63) is 59.5 Å². The van der Waals surface area contributed by atoms with Gasteiger partial charge in [0.15, 0.2) is 0 Å². The number of furan rings is 1. The number of carbonyl (C=O) groups is 3. The highest BCUT2D eigenvalue weighted by atomic mass is 19.4. The molecule has 30 heavy (non-hydrogen) atoms. The third-order valence-corrected chi connectivity index (χ3v) is 4.74. The number of hydrogen-bond donors (Lipinski definition) is 2. The monoisotopic (exact) mass is 423 g/mol. The second-order valence-electron chi connectivity index (χ2n) is 7.93. The number of rotatable bonds is 4. The molecule has 0 spiro atoms. The van der Waals surface area contributed by atoms with Gasteiger partial charge in [-0.3, -0.25) is 19.8 Å². The van der Waals surface area contributed by atoms with Crippen molar-refractivity contribution < 1.29 is 32.0 Å². The molecule has 1 aromatic carbocycles. The zero-order chi connectivity index (χ0) is 22.3. The third-order valence-electron chi connectivity index (χ3n) is 4.74. The van der Waals surface area contributed by atoms with Crippen molar-refractivity contribution in [1.82, 2.24) is 15.5 Å². The molecule has 2 N–H and O–H groups in total. The fraction of sp³-hybridized carbons (Fsp3) is 0.350. The van der Waals surface area contributed by atoms with E-state index in [1.54, 1.807) is 22.8 Å². The number of urea groups is 1. The van der Waals surface area contributed by atoms with Crippen LogP contribution in [0.15, 0.2) is 47.1 Å². The number of benzene rings is 1. The van der Waals surface area contributed by atoms with Crippen LogP contribution < -0.4 is 10.6 Å². The third kappa shape index (κ3) is 3.77. The van der Waals surface area contributed by atoms with Crippen LogP contribution >= 0.6 is 0 Å². The van der Waals surface area contributed by atoms with Crippen LogP contribution in [-0.2, 0) is 16.8 Å². The first-order chi connectivity index (χ1) is 13.8. The van der Waals surface area contributed by atoms with Gasteiger partial charge in [0, 0.05) is 5.56 Å². The van der Waals surface area contributed by atoms with Gasteiger partial charge in [0.25, 0.3) is 17.5 Å². The molecule has 0 radical (unpaired) electrons. The molecule has 7 nitrogen and oxygen atoms in total. The van der Waals surface area contributed by atoms with Gasteiger partial charge in [0.05, 0.1) is 12.8 Å². The number of nitrogens with one attached hydrogen (secondary N) is 2. The molecule has 1 aromatic heterocycles. The second-order valence-corrected chi connectivity index (χ2v) is 7.93. The molecule has 160 valence electrons. The Morgan fingerprint density at radius 2 is 1.77 bits per heavy atom. The SMILES string of the molecule is CC(C)(C)c1ccc(C(=O)N[C@@]2(C(F)(F)F)NC(=O)N(Cc3ccco3)C2=O)cc1. The Bertz CT molecular complexity index is 963. The van der Waals surface area contributed by atoms with E-state index in [-0.39, 0.29) is 16.7 Å². The molecule has 3 rings (SSSR count). The lowest BCUT2D eigenvalue weighted by molar-refractivity contribution is -0.200. The Kier molecular flexibility index (Phi) is 5.13. The van der Waals surface area contributed by atoms with Crippen LogP contribution in [0, 0.1) is 0 Å². The molecule has 0 saturated carbocycles. The van der Waals surface area contributed by atoms with Crippen LogP contribution in [0.1, 0.15) is 42.5 Å². The van der Waals surface area contributed by atoms with Gasteiger partial charge < -0.3 is 9.73 Å². The predicted octanol–water partition coefficient (Wildman–Crippen LogP) is 3.32. The summed E-state index contributed by atoms with van der Waals surface area (Å²) < 4.78 is 46.7. The molecule has 0 aliphatic carbocycles. The molecular weight excluding hydrogens is 403 g/mol. The summed E-state index contributed by atoms with van der Waals surface area (Å²) in [7, 11) is 0. The minimum Gasteiger partial charge on any atom is -0.467 e. The smallest absolute Gasteiger partial charge is 0.440 e. The Morgan fingerprint density at radius 1 is 1.13 bits per heavy atom. The predicted molar refractivity (Wildman–Crippen MR) is 99.2 cm³/mol. The van der Waals surface area contributed by atoms with Gasteiger partial charge in [-0.1, -0.05) is 32.9 Å². The van der Waals surface area contributed by atoms with E-state index < -0.39 is 36.2 Å². The Balaban J connectivity index is 1.88. The summed E-state index contributed by atoms with van der Waals surface area (Å²) in [5, 5.41) is 3.27. The Hall–Kier alpha value is -3.30. The fourth-order valence-corrected chi connectivity index (χ4v) is 2.99. The highest BCUT2D eigenvalue weighted by molar-refractivity contribution is 6.10. The largest absolute Gasteiger partial charge is 0.467 e. The maximum atomic E-state index is 13.9. The Morgan fingerprint density at radius 3 is 2.27 bits per heavy atom. The first-order valence-corrected chi connectivity index (χ1v) is 9.01. The van der Waals surface area contributed by atoms with Crippen molar-refractivity contribution in [1.29, 1.82) is 0 Å². The maximum absolute atomic E-state index is 13.9. The van der Waals surface area contributed by atoms with Crippen LogP contribution in [0.4, 0.5) is 18.0 Å². The summed E-state index contributed by atoms with van der Waals surface area (Å²) in [4.78, 5) is 37.7. The van der Waals surface area contributed by atoms with Crippen LogP contribution in [-0.4, -0.2) is 34.6 Å². The van der Waals surface area contributed by atoms with E-state index in [0.29, 0.717) is 4.90 Å². The summed E-state index contributed by atoms with van der Waals surface area (Å²) in [6, 6.07) is 7.54. The van der Waals surface area contributed by atoms with E-state index in [1.807, 2.05) is 20.8 Å². The van der Waals surface area contributed by atoms with Crippen LogP contribution in [0.25, 0.3) is 0 Å². The normalized spacial score (nSPS) is 19.7. The summed E-state index contributed by atoms with van der Waals surface area (Å²) in [6.45, 7) is 5.33. The molecule has 2 aromatic rings. The maximum Gasteiger partial charge on any atom is 0.440 e. The van der Waals surface area contributed by atoms with E-state index in [0.717, 1.165) is 5.56 Å². The average molecular weight is 423 g/mol. The topological polar surface area (TPSA) is 91.7 Å². The highest BCUT2D eigenvalue weighted by Gasteiger charge is 2.68. The summed E-state index contributed by atoms with van der Waals surface area (Å²) >= 11 is 0. The van der Waals surface area contributed by atoms with Gasteiger partial charge in [0.2, 0.25) is 0 Å². The molecule has 0 bridgehead atoms. The number of nitrogens with zero attached hydrogens (tertiary/aromatic N) is 1. The lowest BCUT2D eigenvalue weighted by Crippen LogP contribution is -2.69. The number of imide groups is 1. The van der Waals surface area contributed by atoms with Crippen molar-refractivity contribution in [2.75, 3.05) is 0 Å². The van der Waals surface area contributed by atoms with Crippen LogP contribution in [0.2, 0.25) is 0 Å². The van der Waals surface area contributed by atoms with E-state index in [9.17, 15) is 27.6 Å². The van der Waals surface area contributed by atoms with E-state index in [4.69, 9.17) is 4.42 Å². The van der Waals surface area contributed by atoms with Gasteiger partial charge in [-0.2, -0.15) is 13.2 Å². The number of alkyl halides is 3. The minimum absolute atomic E-state index is 0.0850. The van der Waals surface area contributed by atoms with Crippen molar-refractivity contribution in [2.45, 2.75) is 44.6 Å². The zero-order valence-corrected chi connectivity index (χ0v) is 16.5. The molecule has 1 atom stereocenters. The van der Waals surface area contributed by atoms with Crippen LogP contribution in [0.3, 0.4) is 0 Å². The number of hydrogen-bond acceptors (Lipinski definition) is 4. The molecular formula is C20H20F3N3O4. The molecule has 1 fully saturated rings. The van der Waals surface area contributed by atoms with E-state index in [1.165, 1.54) is 30.5 Å². The lowest BCUT2D eigenvalue weighted by atomic mass is 9.86. The first kappa shape index (κ1) is 21.4. The lowest BCUT2D eigenvalue weighted by Gasteiger charge is -2.30.